The second-order valence-electron chi connectivity index (χ2n) is 8.48. The SMILES string of the molecule is Cc1cn(COCC[Si](C)(C)C)c2nccc(Oc3cccc(/C=C/C(=O)O)c3)c12. The Kier molecular flexibility index (Phi) is 6.74. The highest BCUT2D eigenvalue weighted by molar-refractivity contribution is 6.76. The van der Waals surface area contributed by atoms with Gasteiger partial charge in [-0.15, -0.1) is 0 Å². The van der Waals surface area contributed by atoms with Gasteiger partial charge < -0.3 is 19.1 Å². The van der Waals surface area contributed by atoms with E-state index in [0.717, 1.165) is 40.9 Å². The zero-order valence-corrected chi connectivity index (χ0v) is 18.9. The highest BCUT2D eigenvalue weighted by Crippen LogP contribution is 2.32. The lowest BCUT2D eigenvalue weighted by atomic mass is 10.2. The monoisotopic (exact) mass is 424 g/mol. The quantitative estimate of drug-likeness (QED) is 0.277. The Bertz CT molecular complexity index is 1070. The number of carboxylic acids is 1. The number of fused-ring (bicyclic) bond motifs is 1. The molecule has 0 bridgehead atoms. The lowest BCUT2D eigenvalue weighted by molar-refractivity contribution is -0.131. The third kappa shape index (κ3) is 5.81. The average Bonchev–Trinajstić information content (AvgIpc) is 3.00. The number of aliphatic carboxylic acids is 1. The first kappa shape index (κ1) is 21.8. The summed E-state index contributed by atoms with van der Waals surface area (Å²) in [6, 6.07) is 10.3. The molecule has 0 radical (unpaired) electrons. The Balaban J connectivity index is 1.80. The van der Waals surface area contributed by atoms with Gasteiger partial charge in [0.2, 0.25) is 0 Å². The average molecular weight is 425 g/mol. The summed E-state index contributed by atoms with van der Waals surface area (Å²) < 4.78 is 14.0. The summed E-state index contributed by atoms with van der Waals surface area (Å²) in [5.74, 6) is 0.354. The standard InChI is InChI=1S/C23H28N2O4Si/c1-17-15-25(16-28-12-13-30(2,3)4)23-22(17)20(10-11-24-23)29-19-7-5-6-18(14-19)8-9-21(26)27/h5-11,14-15H,12-13,16H2,1-4H3,(H,26,27)/b9-8+. The van der Waals surface area contributed by atoms with Gasteiger partial charge in [0, 0.05) is 33.2 Å². The fourth-order valence-electron chi connectivity index (χ4n) is 3.08. The van der Waals surface area contributed by atoms with Crippen LogP contribution in [0.25, 0.3) is 17.1 Å². The molecule has 0 spiro atoms. The van der Waals surface area contributed by atoms with Crippen LogP contribution in [0.5, 0.6) is 11.5 Å². The molecular weight excluding hydrogens is 396 g/mol. The van der Waals surface area contributed by atoms with E-state index in [4.69, 9.17) is 14.6 Å². The van der Waals surface area contributed by atoms with E-state index in [0.29, 0.717) is 18.2 Å². The van der Waals surface area contributed by atoms with Gasteiger partial charge in [-0.25, -0.2) is 9.78 Å². The largest absolute Gasteiger partial charge is 0.478 e. The Morgan fingerprint density at radius 1 is 1.27 bits per heavy atom. The first-order valence-electron chi connectivity index (χ1n) is 9.94. The molecule has 1 aromatic carbocycles. The minimum absolute atomic E-state index is 0.459. The molecule has 3 aromatic rings. The Labute approximate surface area is 177 Å². The topological polar surface area (TPSA) is 73.6 Å². The fraction of sp³-hybridized carbons (Fsp3) is 0.304. The van der Waals surface area contributed by atoms with Crippen LogP contribution < -0.4 is 4.74 Å². The summed E-state index contributed by atoms with van der Waals surface area (Å²) in [6.07, 6.45) is 6.40. The maximum atomic E-state index is 10.7. The molecule has 1 N–H and O–H groups in total. The molecule has 0 unspecified atom stereocenters. The molecule has 30 heavy (non-hydrogen) atoms. The van der Waals surface area contributed by atoms with Crippen molar-refractivity contribution in [3.05, 3.63) is 59.9 Å². The smallest absolute Gasteiger partial charge is 0.328 e. The number of aromatic nitrogens is 2. The van der Waals surface area contributed by atoms with Crippen LogP contribution in [0.15, 0.2) is 48.8 Å². The third-order valence-electron chi connectivity index (χ3n) is 4.64. The van der Waals surface area contributed by atoms with E-state index in [1.165, 1.54) is 6.08 Å². The summed E-state index contributed by atoms with van der Waals surface area (Å²) in [5, 5.41) is 9.75. The molecule has 7 heteroatoms. The second-order valence-corrected chi connectivity index (χ2v) is 14.1. The number of carbonyl (C=O) groups is 1. The number of hydrogen-bond acceptors (Lipinski definition) is 4. The van der Waals surface area contributed by atoms with Gasteiger partial charge in [0.25, 0.3) is 0 Å². The molecule has 0 aliphatic carbocycles. The second kappa shape index (κ2) is 9.28. The molecule has 2 heterocycles. The van der Waals surface area contributed by atoms with Crippen LogP contribution >= 0.6 is 0 Å². The normalized spacial score (nSPS) is 12.0. The summed E-state index contributed by atoms with van der Waals surface area (Å²) in [6.45, 7) is 10.2. The lowest BCUT2D eigenvalue weighted by Crippen LogP contribution is -2.22. The summed E-state index contributed by atoms with van der Waals surface area (Å²) in [5.41, 5.74) is 2.63. The van der Waals surface area contributed by atoms with Gasteiger partial charge in [0.05, 0.1) is 5.39 Å². The van der Waals surface area contributed by atoms with Crippen LogP contribution in [0, 0.1) is 6.92 Å². The summed E-state index contributed by atoms with van der Waals surface area (Å²) >= 11 is 0. The maximum Gasteiger partial charge on any atom is 0.328 e. The van der Waals surface area contributed by atoms with Gasteiger partial charge in [0.1, 0.15) is 23.9 Å². The zero-order chi connectivity index (χ0) is 21.7. The molecule has 158 valence electrons. The van der Waals surface area contributed by atoms with E-state index < -0.39 is 14.0 Å². The number of benzene rings is 1. The van der Waals surface area contributed by atoms with Crippen molar-refractivity contribution in [3.63, 3.8) is 0 Å². The van der Waals surface area contributed by atoms with Crippen molar-refractivity contribution in [2.24, 2.45) is 0 Å². The number of ether oxygens (including phenoxy) is 2. The van der Waals surface area contributed by atoms with E-state index in [9.17, 15) is 4.79 Å². The van der Waals surface area contributed by atoms with Crippen molar-refractivity contribution in [2.75, 3.05) is 6.61 Å². The van der Waals surface area contributed by atoms with Gasteiger partial charge in [-0.2, -0.15) is 0 Å². The Hall–Kier alpha value is -2.90. The van der Waals surface area contributed by atoms with Crippen molar-refractivity contribution in [3.8, 4) is 11.5 Å². The van der Waals surface area contributed by atoms with E-state index in [1.807, 2.05) is 42.0 Å². The first-order valence-corrected chi connectivity index (χ1v) is 13.6. The van der Waals surface area contributed by atoms with Crippen molar-refractivity contribution < 1.29 is 19.4 Å². The van der Waals surface area contributed by atoms with E-state index >= 15 is 0 Å². The van der Waals surface area contributed by atoms with Crippen LogP contribution in [0.2, 0.25) is 25.7 Å². The lowest BCUT2D eigenvalue weighted by Gasteiger charge is -2.15. The molecule has 0 fully saturated rings. The van der Waals surface area contributed by atoms with Crippen molar-refractivity contribution in [2.45, 2.75) is 39.3 Å². The number of carboxylic acid groups (broad SMARTS) is 1. The number of aryl methyl sites for hydroxylation is 1. The van der Waals surface area contributed by atoms with Gasteiger partial charge in [-0.05, 0) is 48.4 Å². The molecule has 0 aliphatic rings. The summed E-state index contributed by atoms with van der Waals surface area (Å²) in [4.78, 5) is 15.3. The predicted octanol–water partition coefficient (Wildman–Crippen LogP) is 5.55. The number of rotatable bonds is 9. The fourth-order valence-corrected chi connectivity index (χ4v) is 3.84. The first-order chi connectivity index (χ1) is 14.2. The molecule has 2 aromatic heterocycles. The van der Waals surface area contributed by atoms with Crippen LogP contribution in [0.1, 0.15) is 11.1 Å². The highest BCUT2D eigenvalue weighted by Gasteiger charge is 2.15. The number of pyridine rings is 1. The molecule has 0 saturated heterocycles. The Morgan fingerprint density at radius 3 is 2.80 bits per heavy atom. The van der Waals surface area contributed by atoms with Gasteiger partial charge in [-0.3, -0.25) is 0 Å². The van der Waals surface area contributed by atoms with Crippen LogP contribution in [0.3, 0.4) is 0 Å². The van der Waals surface area contributed by atoms with Gasteiger partial charge >= 0.3 is 5.97 Å². The van der Waals surface area contributed by atoms with Crippen molar-refractivity contribution >= 4 is 31.2 Å². The number of nitrogens with zero attached hydrogens (tertiary/aromatic N) is 2. The minimum atomic E-state index is -1.12. The van der Waals surface area contributed by atoms with E-state index in [1.54, 1.807) is 12.3 Å². The van der Waals surface area contributed by atoms with Crippen molar-refractivity contribution in [1.29, 1.82) is 0 Å². The van der Waals surface area contributed by atoms with E-state index in [2.05, 4.69) is 24.6 Å². The van der Waals surface area contributed by atoms with Crippen LogP contribution in [-0.2, 0) is 16.3 Å². The summed E-state index contributed by atoms with van der Waals surface area (Å²) in [7, 11) is -1.12. The van der Waals surface area contributed by atoms with Gasteiger partial charge in [-0.1, -0.05) is 31.8 Å². The maximum absolute atomic E-state index is 10.7. The van der Waals surface area contributed by atoms with E-state index in [-0.39, 0.29) is 0 Å². The van der Waals surface area contributed by atoms with Gasteiger partial charge in [0.15, 0.2) is 0 Å². The molecule has 3 rings (SSSR count). The highest BCUT2D eigenvalue weighted by atomic mass is 28.3. The molecular formula is C23H28N2O4Si. The minimum Gasteiger partial charge on any atom is -0.478 e. The number of hydrogen-bond donors (Lipinski definition) is 1. The Morgan fingerprint density at radius 2 is 2.07 bits per heavy atom. The molecule has 0 aliphatic heterocycles. The molecule has 0 saturated carbocycles. The molecule has 6 nitrogen and oxygen atoms in total. The molecule has 0 atom stereocenters. The van der Waals surface area contributed by atoms with Crippen LogP contribution in [-0.4, -0.2) is 35.3 Å². The predicted molar refractivity (Wildman–Crippen MR) is 122 cm³/mol. The van der Waals surface area contributed by atoms with Crippen molar-refractivity contribution in [1.82, 2.24) is 9.55 Å². The zero-order valence-electron chi connectivity index (χ0n) is 17.9. The van der Waals surface area contributed by atoms with Crippen LogP contribution in [0.4, 0.5) is 0 Å². The third-order valence-corrected chi connectivity index (χ3v) is 6.34. The molecule has 0 amide bonds.